The van der Waals surface area contributed by atoms with E-state index in [-0.39, 0.29) is 5.56 Å². The number of fused-ring (bicyclic) bond motifs is 1. The molecule has 36 heavy (non-hydrogen) atoms. The Hall–Kier alpha value is -3.30. The highest BCUT2D eigenvalue weighted by Crippen LogP contribution is 2.31. The summed E-state index contributed by atoms with van der Waals surface area (Å²) >= 11 is 6.62. The van der Waals surface area contributed by atoms with Crippen LogP contribution in [0.4, 0.5) is 5.95 Å². The van der Waals surface area contributed by atoms with E-state index in [1.54, 1.807) is 23.8 Å². The maximum atomic E-state index is 13.5. The first-order valence-electron chi connectivity index (χ1n) is 12.4. The number of nitrogens with zero attached hydrogens (tertiary/aromatic N) is 6. The highest BCUT2D eigenvalue weighted by molar-refractivity contribution is 6.33. The lowest BCUT2D eigenvalue weighted by Gasteiger charge is -2.28. The molecular formula is C26H30ClN7O2. The Kier molecular flexibility index (Phi) is 7.02. The molecule has 0 bridgehead atoms. The number of likely N-dealkylation sites (tertiary alicyclic amines) is 1. The van der Waals surface area contributed by atoms with Crippen LogP contribution < -0.4 is 10.9 Å². The molecule has 188 valence electrons. The molecule has 0 atom stereocenters. The lowest BCUT2D eigenvalue weighted by atomic mass is 9.94. The van der Waals surface area contributed by atoms with Gasteiger partial charge in [-0.15, -0.1) is 0 Å². The summed E-state index contributed by atoms with van der Waals surface area (Å²) in [5.74, 6) is 2.20. The van der Waals surface area contributed by atoms with Gasteiger partial charge < -0.3 is 14.7 Å². The highest BCUT2D eigenvalue weighted by atomic mass is 35.5. The summed E-state index contributed by atoms with van der Waals surface area (Å²) in [5, 5.41) is 8.50. The van der Waals surface area contributed by atoms with E-state index in [0.29, 0.717) is 46.0 Å². The van der Waals surface area contributed by atoms with Crippen LogP contribution in [0.1, 0.15) is 32.1 Å². The molecule has 0 radical (unpaired) electrons. The lowest BCUT2D eigenvalue weighted by molar-refractivity contribution is 0.215. The molecule has 0 aliphatic carbocycles. The van der Waals surface area contributed by atoms with Gasteiger partial charge in [0, 0.05) is 53.3 Å². The number of rotatable bonds is 7. The zero-order valence-corrected chi connectivity index (χ0v) is 21.5. The van der Waals surface area contributed by atoms with E-state index >= 15 is 0 Å². The molecule has 1 N–H and O–H groups in total. The summed E-state index contributed by atoms with van der Waals surface area (Å²) in [4.78, 5) is 29.3. The maximum absolute atomic E-state index is 13.5. The average molecular weight is 508 g/mol. The van der Waals surface area contributed by atoms with E-state index < -0.39 is 0 Å². The largest absolute Gasteiger partial charge is 0.354 e. The van der Waals surface area contributed by atoms with Crippen molar-refractivity contribution in [2.45, 2.75) is 39.7 Å². The average Bonchev–Trinajstić information content (AvgIpc) is 3.31. The van der Waals surface area contributed by atoms with Crippen molar-refractivity contribution in [3.8, 4) is 22.5 Å². The zero-order valence-electron chi connectivity index (χ0n) is 20.8. The molecule has 1 aliphatic heterocycles. The van der Waals surface area contributed by atoms with Gasteiger partial charge in [0.1, 0.15) is 5.65 Å². The molecular weight excluding hydrogens is 478 g/mol. The molecule has 4 heterocycles. The number of halogens is 1. The van der Waals surface area contributed by atoms with E-state index in [4.69, 9.17) is 16.1 Å². The topological polar surface area (TPSA) is 102 Å². The number of anilines is 1. The van der Waals surface area contributed by atoms with Crippen molar-refractivity contribution < 1.29 is 4.52 Å². The number of nitrogens with one attached hydrogen (secondary N) is 1. The second kappa shape index (κ2) is 10.4. The Morgan fingerprint density at radius 3 is 2.67 bits per heavy atom. The van der Waals surface area contributed by atoms with E-state index in [1.807, 2.05) is 25.1 Å². The smallest absolute Gasteiger partial charge is 0.260 e. The molecule has 1 aliphatic rings. The Morgan fingerprint density at radius 2 is 1.97 bits per heavy atom. The van der Waals surface area contributed by atoms with E-state index in [2.05, 4.69) is 37.4 Å². The van der Waals surface area contributed by atoms with Gasteiger partial charge >= 0.3 is 0 Å². The Balaban J connectivity index is 1.40. The van der Waals surface area contributed by atoms with Crippen LogP contribution in [0.25, 0.3) is 33.5 Å². The summed E-state index contributed by atoms with van der Waals surface area (Å²) in [7, 11) is 2.18. The van der Waals surface area contributed by atoms with Crippen LogP contribution in [-0.2, 0) is 6.54 Å². The molecule has 0 saturated carbocycles. The van der Waals surface area contributed by atoms with Crippen LogP contribution in [0.3, 0.4) is 0 Å². The molecule has 0 unspecified atom stereocenters. The zero-order chi connectivity index (χ0) is 25.2. The number of aryl methyl sites for hydroxylation is 2. The number of benzene rings is 1. The molecule has 5 rings (SSSR count). The van der Waals surface area contributed by atoms with Gasteiger partial charge in [0.15, 0.2) is 0 Å². The second-order valence-electron chi connectivity index (χ2n) is 9.37. The lowest BCUT2D eigenvalue weighted by Crippen LogP contribution is -2.31. The van der Waals surface area contributed by atoms with Crippen molar-refractivity contribution in [2.24, 2.45) is 5.92 Å². The summed E-state index contributed by atoms with van der Waals surface area (Å²) < 4.78 is 6.73. The van der Waals surface area contributed by atoms with Gasteiger partial charge in [-0.3, -0.25) is 9.36 Å². The predicted molar refractivity (Wildman–Crippen MR) is 141 cm³/mol. The van der Waals surface area contributed by atoms with Crippen LogP contribution in [0, 0.1) is 12.8 Å². The maximum Gasteiger partial charge on any atom is 0.260 e. The second-order valence-corrected chi connectivity index (χ2v) is 9.78. The number of pyridine rings is 1. The van der Waals surface area contributed by atoms with Crippen LogP contribution in [0.15, 0.2) is 39.8 Å². The Bertz CT molecular complexity index is 1440. The molecule has 0 spiro atoms. The standard InChI is InChI=1S/C26H30ClN7O2/c1-4-34-24-19(15-29-26(31-24)28-10-7-17-8-11-33(3)12-9-17)13-21(25(34)35)20-6-5-18(14-22(20)27)23-30-16(2)36-32-23/h5-6,13-15,17H,4,7-12H2,1-3H3,(H,28,29,31). The van der Waals surface area contributed by atoms with E-state index in [1.165, 1.54) is 12.8 Å². The quantitative estimate of drug-likeness (QED) is 0.386. The van der Waals surface area contributed by atoms with Crippen molar-refractivity contribution in [3.63, 3.8) is 0 Å². The van der Waals surface area contributed by atoms with E-state index in [0.717, 1.165) is 42.9 Å². The summed E-state index contributed by atoms with van der Waals surface area (Å²) in [6.07, 6.45) is 5.31. The first-order chi connectivity index (χ1) is 17.4. The van der Waals surface area contributed by atoms with Crippen molar-refractivity contribution in [1.82, 2.24) is 29.6 Å². The van der Waals surface area contributed by atoms with Gasteiger partial charge in [-0.2, -0.15) is 9.97 Å². The minimum atomic E-state index is -0.147. The van der Waals surface area contributed by atoms with Gasteiger partial charge in [0.2, 0.25) is 17.7 Å². The first kappa shape index (κ1) is 24.4. The molecule has 1 saturated heterocycles. The molecule has 10 heteroatoms. The van der Waals surface area contributed by atoms with Crippen LogP contribution in [-0.4, -0.2) is 56.3 Å². The third kappa shape index (κ3) is 4.99. The van der Waals surface area contributed by atoms with Crippen molar-refractivity contribution in [1.29, 1.82) is 0 Å². The SMILES string of the molecule is CCn1c(=O)c(-c2ccc(-c3noc(C)n3)cc2Cl)cc2cnc(NCCC3CCN(C)CC3)nc21. The van der Waals surface area contributed by atoms with Crippen LogP contribution >= 0.6 is 11.6 Å². The van der Waals surface area contributed by atoms with Crippen molar-refractivity contribution >= 4 is 28.6 Å². The van der Waals surface area contributed by atoms with Gasteiger partial charge in [-0.25, -0.2) is 4.98 Å². The highest BCUT2D eigenvalue weighted by Gasteiger charge is 2.18. The molecule has 0 amide bonds. The summed E-state index contributed by atoms with van der Waals surface area (Å²) in [6.45, 7) is 7.28. The molecule has 1 aromatic carbocycles. The fraction of sp³-hybridized carbons (Fsp3) is 0.423. The minimum Gasteiger partial charge on any atom is -0.354 e. The number of piperidine rings is 1. The van der Waals surface area contributed by atoms with Crippen molar-refractivity contribution in [3.05, 3.63) is 51.7 Å². The third-order valence-corrected chi connectivity index (χ3v) is 7.17. The van der Waals surface area contributed by atoms with Crippen LogP contribution in [0.5, 0.6) is 0 Å². The number of hydrogen-bond acceptors (Lipinski definition) is 8. The fourth-order valence-corrected chi connectivity index (χ4v) is 5.04. The van der Waals surface area contributed by atoms with Gasteiger partial charge in [-0.05, 0) is 64.4 Å². The Morgan fingerprint density at radius 1 is 1.17 bits per heavy atom. The normalized spacial score (nSPS) is 15.0. The van der Waals surface area contributed by atoms with Crippen molar-refractivity contribution in [2.75, 3.05) is 32.0 Å². The predicted octanol–water partition coefficient (Wildman–Crippen LogP) is 4.63. The van der Waals surface area contributed by atoms with Crippen LogP contribution in [0.2, 0.25) is 5.02 Å². The number of hydrogen-bond donors (Lipinski definition) is 1. The number of aromatic nitrogens is 5. The first-order valence-corrected chi connectivity index (χ1v) is 12.7. The van der Waals surface area contributed by atoms with Gasteiger partial charge in [0.25, 0.3) is 5.56 Å². The minimum absolute atomic E-state index is 0.147. The van der Waals surface area contributed by atoms with Gasteiger partial charge in [-0.1, -0.05) is 28.9 Å². The Labute approximate surface area is 214 Å². The molecule has 3 aromatic heterocycles. The summed E-state index contributed by atoms with van der Waals surface area (Å²) in [5.41, 5.74) is 2.31. The summed E-state index contributed by atoms with van der Waals surface area (Å²) in [6, 6.07) is 7.20. The van der Waals surface area contributed by atoms with E-state index in [9.17, 15) is 4.79 Å². The third-order valence-electron chi connectivity index (χ3n) is 6.86. The van der Waals surface area contributed by atoms with Gasteiger partial charge in [0.05, 0.1) is 0 Å². The fourth-order valence-electron chi connectivity index (χ4n) is 4.76. The molecule has 1 fully saturated rings. The molecule has 9 nitrogen and oxygen atoms in total. The molecule has 4 aromatic rings. The monoisotopic (exact) mass is 507 g/mol.